The summed E-state index contributed by atoms with van der Waals surface area (Å²) < 4.78 is 6.40. The highest BCUT2D eigenvalue weighted by Gasteiger charge is 2.38. The van der Waals surface area contributed by atoms with Crippen LogP contribution in [0, 0.1) is 5.92 Å². The Balaban J connectivity index is 1.70. The first-order valence-corrected chi connectivity index (χ1v) is 9.20. The van der Waals surface area contributed by atoms with Crippen LogP contribution in [0.25, 0.3) is 0 Å². The zero-order chi connectivity index (χ0) is 17.1. The average Bonchev–Trinajstić information content (AvgIpc) is 3.40. The average molecular weight is 336 g/mol. The molecule has 25 heavy (non-hydrogen) atoms. The lowest BCUT2D eigenvalue weighted by atomic mass is 9.97. The predicted molar refractivity (Wildman–Crippen MR) is 95.8 cm³/mol. The van der Waals surface area contributed by atoms with Gasteiger partial charge in [-0.25, -0.2) is 0 Å². The van der Waals surface area contributed by atoms with Crippen LogP contribution in [0.1, 0.15) is 49.1 Å². The molecule has 4 heteroatoms. The summed E-state index contributed by atoms with van der Waals surface area (Å²) in [5.41, 5.74) is 2.01. The van der Waals surface area contributed by atoms with Crippen LogP contribution in [-0.2, 0) is 9.53 Å². The SMILES string of the molecule is O=C1CCCN1C(c1ccccn1)C(OCC1CC1)c1ccccc1. The van der Waals surface area contributed by atoms with Crippen molar-refractivity contribution in [1.82, 2.24) is 9.88 Å². The van der Waals surface area contributed by atoms with E-state index in [1.807, 2.05) is 41.3 Å². The van der Waals surface area contributed by atoms with Crippen molar-refractivity contribution in [2.45, 2.75) is 37.8 Å². The van der Waals surface area contributed by atoms with Crippen molar-refractivity contribution in [1.29, 1.82) is 0 Å². The van der Waals surface area contributed by atoms with Crippen LogP contribution in [0.15, 0.2) is 54.7 Å². The number of hydrogen-bond donors (Lipinski definition) is 0. The van der Waals surface area contributed by atoms with Crippen molar-refractivity contribution < 1.29 is 9.53 Å². The molecule has 1 aliphatic heterocycles. The highest BCUT2D eigenvalue weighted by molar-refractivity contribution is 5.78. The third kappa shape index (κ3) is 3.74. The zero-order valence-corrected chi connectivity index (χ0v) is 14.4. The molecule has 0 radical (unpaired) electrons. The molecule has 1 amide bonds. The Bertz CT molecular complexity index is 700. The van der Waals surface area contributed by atoms with E-state index in [0.717, 1.165) is 30.8 Å². The number of amides is 1. The third-order valence-electron chi connectivity index (χ3n) is 5.06. The van der Waals surface area contributed by atoms with Gasteiger partial charge in [0.25, 0.3) is 0 Å². The van der Waals surface area contributed by atoms with E-state index in [1.165, 1.54) is 12.8 Å². The van der Waals surface area contributed by atoms with E-state index >= 15 is 0 Å². The molecule has 2 fully saturated rings. The van der Waals surface area contributed by atoms with Gasteiger partial charge in [0.1, 0.15) is 12.1 Å². The molecule has 2 heterocycles. The van der Waals surface area contributed by atoms with Crippen molar-refractivity contribution in [2.75, 3.05) is 13.2 Å². The van der Waals surface area contributed by atoms with Crippen LogP contribution >= 0.6 is 0 Å². The summed E-state index contributed by atoms with van der Waals surface area (Å²) in [7, 11) is 0. The Labute approximate surface area is 148 Å². The monoisotopic (exact) mass is 336 g/mol. The molecule has 4 rings (SSSR count). The van der Waals surface area contributed by atoms with Crippen molar-refractivity contribution in [3.8, 4) is 0 Å². The molecule has 130 valence electrons. The maximum absolute atomic E-state index is 12.5. The zero-order valence-electron chi connectivity index (χ0n) is 14.4. The van der Waals surface area contributed by atoms with Crippen LogP contribution in [0.3, 0.4) is 0 Å². The van der Waals surface area contributed by atoms with Gasteiger partial charge in [0, 0.05) is 19.2 Å². The number of pyridine rings is 1. The second kappa shape index (κ2) is 7.36. The first kappa shape index (κ1) is 16.3. The summed E-state index contributed by atoms with van der Waals surface area (Å²) in [6, 6.07) is 16.0. The Hall–Kier alpha value is -2.20. The lowest BCUT2D eigenvalue weighted by Gasteiger charge is -2.34. The van der Waals surface area contributed by atoms with E-state index < -0.39 is 0 Å². The molecule has 1 saturated heterocycles. The van der Waals surface area contributed by atoms with Gasteiger partial charge >= 0.3 is 0 Å². The Kier molecular flexibility index (Phi) is 4.79. The van der Waals surface area contributed by atoms with Gasteiger partial charge in [0.2, 0.25) is 5.91 Å². The largest absolute Gasteiger partial charge is 0.371 e. The number of rotatable bonds is 7. The van der Waals surface area contributed by atoms with Gasteiger partial charge in [-0.1, -0.05) is 36.4 Å². The second-order valence-electron chi connectivity index (χ2n) is 7.00. The molecule has 2 aliphatic rings. The Morgan fingerprint density at radius 2 is 1.92 bits per heavy atom. The minimum Gasteiger partial charge on any atom is -0.371 e. The predicted octanol–water partition coefficient (Wildman–Crippen LogP) is 3.91. The van der Waals surface area contributed by atoms with Gasteiger partial charge in [-0.05, 0) is 42.9 Å². The summed E-state index contributed by atoms with van der Waals surface area (Å²) in [4.78, 5) is 19.1. The summed E-state index contributed by atoms with van der Waals surface area (Å²) >= 11 is 0. The molecule has 2 aromatic rings. The van der Waals surface area contributed by atoms with E-state index in [-0.39, 0.29) is 18.1 Å². The number of aromatic nitrogens is 1. The number of hydrogen-bond acceptors (Lipinski definition) is 3. The van der Waals surface area contributed by atoms with Crippen molar-refractivity contribution in [3.63, 3.8) is 0 Å². The molecule has 1 saturated carbocycles. The molecule has 4 nitrogen and oxygen atoms in total. The van der Waals surface area contributed by atoms with Gasteiger partial charge in [-0.2, -0.15) is 0 Å². The number of benzene rings is 1. The summed E-state index contributed by atoms with van der Waals surface area (Å²) in [6.07, 6.45) is 5.64. The first-order valence-electron chi connectivity index (χ1n) is 9.20. The third-order valence-corrected chi connectivity index (χ3v) is 5.06. The van der Waals surface area contributed by atoms with Crippen molar-refractivity contribution >= 4 is 5.91 Å². The van der Waals surface area contributed by atoms with Gasteiger partial charge in [0.05, 0.1) is 12.3 Å². The summed E-state index contributed by atoms with van der Waals surface area (Å²) in [6.45, 7) is 1.53. The molecule has 1 aromatic carbocycles. The van der Waals surface area contributed by atoms with E-state index in [0.29, 0.717) is 12.3 Å². The maximum Gasteiger partial charge on any atom is 0.223 e. The molecular weight excluding hydrogens is 312 g/mol. The lowest BCUT2D eigenvalue weighted by Crippen LogP contribution is -2.35. The van der Waals surface area contributed by atoms with Gasteiger partial charge in [-0.3, -0.25) is 9.78 Å². The van der Waals surface area contributed by atoms with Crippen molar-refractivity contribution in [2.24, 2.45) is 5.92 Å². The van der Waals surface area contributed by atoms with Crippen molar-refractivity contribution in [3.05, 3.63) is 66.0 Å². The standard InChI is InChI=1S/C21H24N2O2/c24-19-10-6-14-23(19)20(18-9-4-5-13-22-18)21(25-15-16-11-12-16)17-7-2-1-3-8-17/h1-5,7-9,13,16,20-21H,6,10-12,14-15H2. The van der Waals surface area contributed by atoms with E-state index in [9.17, 15) is 4.79 Å². The van der Waals surface area contributed by atoms with Gasteiger partial charge < -0.3 is 9.64 Å². The molecule has 2 atom stereocenters. The number of carbonyl (C=O) groups excluding carboxylic acids is 1. The Morgan fingerprint density at radius 3 is 2.56 bits per heavy atom. The highest BCUT2D eigenvalue weighted by atomic mass is 16.5. The van der Waals surface area contributed by atoms with Crippen LogP contribution in [-0.4, -0.2) is 28.9 Å². The number of carbonyl (C=O) groups is 1. The molecule has 0 spiro atoms. The van der Waals surface area contributed by atoms with Gasteiger partial charge in [0.15, 0.2) is 0 Å². The fourth-order valence-corrected chi connectivity index (χ4v) is 3.53. The normalized spacial score (nSPS) is 19.8. The number of nitrogens with zero attached hydrogens (tertiary/aromatic N) is 2. The van der Waals surface area contributed by atoms with Crippen LogP contribution < -0.4 is 0 Å². The van der Waals surface area contributed by atoms with E-state index in [1.54, 1.807) is 6.20 Å². The first-order chi connectivity index (χ1) is 12.3. The van der Waals surface area contributed by atoms with Gasteiger partial charge in [-0.15, -0.1) is 0 Å². The van der Waals surface area contributed by atoms with Crippen LogP contribution in [0.4, 0.5) is 0 Å². The minimum absolute atomic E-state index is 0.169. The fraction of sp³-hybridized carbons (Fsp3) is 0.429. The number of likely N-dealkylation sites (tertiary alicyclic amines) is 1. The minimum atomic E-state index is -0.182. The van der Waals surface area contributed by atoms with E-state index in [4.69, 9.17) is 4.74 Å². The van der Waals surface area contributed by atoms with Crippen LogP contribution in [0.2, 0.25) is 0 Å². The lowest BCUT2D eigenvalue weighted by molar-refractivity contribution is -0.134. The second-order valence-corrected chi connectivity index (χ2v) is 7.00. The molecule has 1 aromatic heterocycles. The smallest absolute Gasteiger partial charge is 0.223 e. The number of ether oxygens (including phenoxy) is 1. The van der Waals surface area contributed by atoms with E-state index in [2.05, 4.69) is 17.1 Å². The summed E-state index contributed by atoms with van der Waals surface area (Å²) in [5, 5.41) is 0. The van der Waals surface area contributed by atoms with Crippen LogP contribution in [0.5, 0.6) is 0 Å². The topological polar surface area (TPSA) is 42.4 Å². The molecule has 0 bridgehead atoms. The quantitative estimate of drug-likeness (QED) is 0.770. The molecule has 1 aliphatic carbocycles. The molecule has 0 N–H and O–H groups in total. The highest BCUT2D eigenvalue weighted by Crippen LogP contribution is 2.40. The fourth-order valence-electron chi connectivity index (χ4n) is 3.53. The summed E-state index contributed by atoms with van der Waals surface area (Å²) in [5.74, 6) is 0.872. The molecule has 2 unspecified atom stereocenters. The maximum atomic E-state index is 12.5. The molecular formula is C21H24N2O2. The Morgan fingerprint density at radius 1 is 1.12 bits per heavy atom.